The molecule has 1 aromatic carbocycles. The second-order valence-corrected chi connectivity index (χ2v) is 15.2. The lowest BCUT2D eigenvalue weighted by atomic mass is 10.1. The van der Waals surface area contributed by atoms with Gasteiger partial charge in [0.1, 0.15) is 34.4 Å². The summed E-state index contributed by atoms with van der Waals surface area (Å²) < 4.78 is 17.9. The van der Waals surface area contributed by atoms with Gasteiger partial charge in [-0.25, -0.2) is 9.19 Å². The molecule has 2 saturated carbocycles. The maximum Gasteiger partial charge on any atom is 0.257 e. The van der Waals surface area contributed by atoms with Crippen LogP contribution in [0.15, 0.2) is 54.4 Å². The highest BCUT2D eigenvalue weighted by Crippen LogP contribution is 2.24. The molecule has 3 amide bonds. The number of benzene rings is 1. The van der Waals surface area contributed by atoms with Crippen LogP contribution in [0.3, 0.4) is 0 Å². The first-order valence-corrected chi connectivity index (χ1v) is 21.2. The van der Waals surface area contributed by atoms with Gasteiger partial charge in [-0.15, -0.1) is 51.7 Å². The number of carbonyl (C=O) groups is 3. The van der Waals surface area contributed by atoms with Gasteiger partial charge in [0.05, 0.1) is 12.4 Å². The summed E-state index contributed by atoms with van der Waals surface area (Å²) >= 11 is 0. The number of amides is 3. The molecule has 3 atom stereocenters. The number of methoxy groups -OCH3 is 1. The molecule has 2 aliphatic carbocycles. The van der Waals surface area contributed by atoms with Crippen LogP contribution in [-0.4, -0.2) is 88.9 Å². The predicted octanol–water partition coefficient (Wildman–Crippen LogP) is 6.78. The molecule has 0 bridgehead atoms. The van der Waals surface area contributed by atoms with E-state index < -0.39 is 11.0 Å². The quantitative estimate of drug-likeness (QED) is 0.0925. The molecule has 3 fully saturated rings. The number of nitrogens with zero attached hydrogens (tertiary/aromatic N) is 3. The number of aromatic amines is 1. The van der Waals surface area contributed by atoms with E-state index in [1.807, 2.05) is 51.9 Å². The predicted molar refractivity (Wildman–Crippen MR) is 257 cm³/mol. The van der Waals surface area contributed by atoms with Crippen molar-refractivity contribution in [2.24, 2.45) is 5.92 Å². The van der Waals surface area contributed by atoms with Gasteiger partial charge in [0.2, 0.25) is 18.7 Å². The zero-order valence-electron chi connectivity index (χ0n) is 38.0. The number of ether oxygens (including phenoxy) is 1. The van der Waals surface area contributed by atoms with E-state index in [1.165, 1.54) is 5.56 Å². The normalized spacial score (nSPS) is 14.7. The average molecular weight is 862 g/mol. The van der Waals surface area contributed by atoms with E-state index in [-0.39, 0.29) is 22.8 Å². The molecule has 61 heavy (non-hydrogen) atoms. The molecule has 3 aromatic rings. The third-order valence-electron chi connectivity index (χ3n) is 8.64. The van der Waals surface area contributed by atoms with E-state index in [0.29, 0.717) is 29.8 Å². The number of nitrogens with one attached hydrogen (secondary N) is 4. The van der Waals surface area contributed by atoms with Gasteiger partial charge in [0.15, 0.2) is 0 Å². The number of rotatable bonds is 11. The maximum atomic E-state index is 11.8. The minimum Gasteiger partial charge on any atom is -0.497 e. The largest absolute Gasteiger partial charge is 0.497 e. The van der Waals surface area contributed by atoms with Crippen molar-refractivity contribution in [3.63, 3.8) is 0 Å². The van der Waals surface area contributed by atoms with Gasteiger partial charge < -0.3 is 30.2 Å². The van der Waals surface area contributed by atoms with Crippen molar-refractivity contribution < 1.29 is 23.3 Å². The molecule has 3 aliphatic rings. The van der Waals surface area contributed by atoms with Crippen LogP contribution >= 0.6 is 0 Å². The first kappa shape index (κ1) is 59.3. The molecule has 1 saturated heterocycles. The number of aromatic nitrogens is 2. The van der Waals surface area contributed by atoms with E-state index in [9.17, 15) is 23.4 Å². The molecule has 4 N–H and O–H groups in total. The Bertz CT molecular complexity index is 1810. The van der Waals surface area contributed by atoms with Crippen molar-refractivity contribution in [2.45, 2.75) is 110 Å². The highest BCUT2D eigenvalue weighted by Gasteiger charge is 2.33. The van der Waals surface area contributed by atoms with E-state index in [0.717, 1.165) is 79.9 Å². The number of likely N-dealkylation sites (tertiary alicyclic amines) is 1. The fraction of sp³-hybridized carbons (Fsp3) is 0.468. The topological polar surface area (TPSA) is 166 Å². The Kier molecular flexibility index (Phi) is 33.8. The van der Waals surface area contributed by atoms with Crippen LogP contribution in [0, 0.1) is 58.3 Å². The zero-order chi connectivity index (χ0) is 47.7. The van der Waals surface area contributed by atoms with Crippen LogP contribution in [0.5, 0.6) is 5.75 Å². The van der Waals surface area contributed by atoms with E-state index in [4.69, 9.17) is 4.74 Å². The van der Waals surface area contributed by atoms with Crippen LogP contribution in [0.25, 0.3) is 10.8 Å². The third-order valence-corrected chi connectivity index (χ3v) is 10.0. The molecule has 3 heterocycles. The number of terminal acetylenes is 3. The van der Waals surface area contributed by atoms with Gasteiger partial charge in [0, 0.05) is 43.8 Å². The summed E-state index contributed by atoms with van der Waals surface area (Å²) in [7, 11) is 4.31. The summed E-state index contributed by atoms with van der Waals surface area (Å²) in [5.41, 5.74) is 2.25. The smallest absolute Gasteiger partial charge is 0.257 e. The Morgan fingerprint density at radius 2 is 1.56 bits per heavy atom. The lowest BCUT2D eigenvalue weighted by Crippen LogP contribution is -2.43. The summed E-state index contributed by atoms with van der Waals surface area (Å²) in [6, 6.07) is 12.2. The van der Waals surface area contributed by atoms with E-state index in [2.05, 4.69) is 117 Å². The minimum atomic E-state index is -1.08. The van der Waals surface area contributed by atoms with Gasteiger partial charge in [-0.1, -0.05) is 27.7 Å². The minimum absolute atomic E-state index is 0.0344. The number of hydrogen-bond acceptors (Lipinski definition) is 9. The van der Waals surface area contributed by atoms with Crippen LogP contribution in [-0.2, 0) is 25.4 Å². The van der Waals surface area contributed by atoms with Crippen LogP contribution < -0.4 is 30.6 Å². The SMILES string of the molecule is C#C.C#C.C#C.C=C.CC.COc1ccc2c(=O)[nH]c(N(C)C)cc2c1.Cc1cc(C)nc(NC(C)C(C)C)c1.O=CN1CCC[C@H]1C(=O)NC1CC1.O=CNS(=O)C1CC1. The highest BCUT2D eigenvalue weighted by molar-refractivity contribution is 7.84. The van der Waals surface area contributed by atoms with Crippen LogP contribution in [0.2, 0.25) is 0 Å². The number of fused-ring (bicyclic) bond motifs is 1. The van der Waals surface area contributed by atoms with Gasteiger partial charge >= 0.3 is 0 Å². The fourth-order valence-corrected chi connectivity index (χ4v) is 5.92. The van der Waals surface area contributed by atoms with E-state index >= 15 is 0 Å². The zero-order valence-corrected chi connectivity index (χ0v) is 38.8. The first-order chi connectivity index (χ1) is 29.3. The lowest BCUT2D eigenvalue weighted by molar-refractivity contribution is -0.131. The van der Waals surface area contributed by atoms with Crippen LogP contribution in [0.1, 0.15) is 84.4 Å². The number of aryl methyl sites for hydroxylation is 2. The Hall–Kier alpha value is -6.04. The summed E-state index contributed by atoms with van der Waals surface area (Å²) in [6.07, 6.45) is 31.2. The first-order valence-electron chi connectivity index (χ1n) is 20.0. The Morgan fingerprint density at radius 1 is 0.967 bits per heavy atom. The standard InChI is InChI=1S/C12H14N2O2.C12H20N2.C9H14N2O2.C4H7NO2S.C2H6.C2H4.3C2H2/c1-14(2)11-7-8-6-9(16-3)4-5-10(8)12(15)13-11;1-8(2)11(5)14-12-7-9(3)6-10(4)13-12;12-6-11-5-1-2-8(11)9(13)10-7-3-4-7;6-3-5-8(7)4-1-2-4;5*1-2/h4-7H,1-3H3,(H,13,15);6-8,11H,1-5H3,(H,13,14);6-8H,1-5H2,(H,10,13);3-4H,1-2H2,(H,5,6);1-2H3;1-2H2;3*1-2H/t;;8-;;;;;;/m..0....../s1. The lowest BCUT2D eigenvalue weighted by Gasteiger charge is -2.18. The number of carbonyl (C=O) groups excluding carboxylic acids is 3. The molecule has 13 nitrogen and oxygen atoms in total. The average Bonchev–Trinajstić information content (AvgIpc) is 4.23. The number of hydrogen-bond donors (Lipinski definition) is 4. The van der Waals surface area contributed by atoms with Crippen molar-refractivity contribution in [3.8, 4) is 44.3 Å². The Balaban J connectivity index is -0.000000698. The van der Waals surface area contributed by atoms with Crippen molar-refractivity contribution in [3.05, 3.63) is 71.2 Å². The second-order valence-electron chi connectivity index (χ2n) is 13.7. The van der Waals surface area contributed by atoms with Crippen molar-refractivity contribution in [1.82, 2.24) is 24.9 Å². The summed E-state index contributed by atoms with van der Waals surface area (Å²) in [6.45, 7) is 21.5. The Labute approximate surface area is 368 Å². The molecule has 14 heteroatoms. The van der Waals surface area contributed by atoms with Gasteiger partial charge in [-0.05, 0) is 113 Å². The molecular formula is C47H71N7O6S. The van der Waals surface area contributed by atoms with Crippen molar-refractivity contribution >= 4 is 52.1 Å². The number of anilines is 2. The summed E-state index contributed by atoms with van der Waals surface area (Å²) in [4.78, 5) is 54.3. The van der Waals surface area contributed by atoms with Crippen LogP contribution in [0.4, 0.5) is 11.6 Å². The van der Waals surface area contributed by atoms with Crippen molar-refractivity contribution in [2.75, 3.05) is 38.0 Å². The Morgan fingerprint density at radius 3 is 2.02 bits per heavy atom. The highest BCUT2D eigenvalue weighted by atomic mass is 32.2. The molecule has 6 rings (SSSR count). The van der Waals surface area contributed by atoms with Crippen molar-refractivity contribution in [1.29, 1.82) is 0 Å². The molecule has 1 aliphatic heterocycles. The van der Waals surface area contributed by atoms with E-state index in [1.54, 1.807) is 24.1 Å². The molecule has 2 aromatic heterocycles. The summed E-state index contributed by atoms with van der Waals surface area (Å²) in [5, 5.41) is 8.14. The number of pyridine rings is 2. The monoisotopic (exact) mass is 862 g/mol. The third kappa shape index (κ3) is 24.0. The molecule has 2 unspecified atom stereocenters. The second kappa shape index (κ2) is 34.8. The molecule has 336 valence electrons. The maximum absolute atomic E-state index is 11.8. The molecular weight excluding hydrogens is 791 g/mol. The molecule has 0 radical (unpaired) electrons. The number of H-pyrrole nitrogens is 1. The summed E-state index contributed by atoms with van der Waals surface area (Å²) in [5.74, 6) is 3.18. The molecule has 0 spiro atoms. The fourth-order valence-electron chi connectivity index (χ4n) is 5.06. The van der Waals surface area contributed by atoms with Gasteiger partial charge in [0.25, 0.3) is 5.56 Å². The van der Waals surface area contributed by atoms with Gasteiger partial charge in [-0.3, -0.25) is 23.9 Å². The van der Waals surface area contributed by atoms with Gasteiger partial charge in [-0.2, -0.15) is 0 Å².